The summed E-state index contributed by atoms with van der Waals surface area (Å²) in [5.41, 5.74) is 0. The van der Waals surface area contributed by atoms with Crippen LogP contribution < -0.4 is 0 Å². The summed E-state index contributed by atoms with van der Waals surface area (Å²) in [5, 5.41) is 10.1. The van der Waals surface area contributed by atoms with Crippen LogP contribution in [-0.4, -0.2) is 32.5 Å². The lowest BCUT2D eigenvalue weighted by Crippen LogP contribution is -2.25. The first-order valence-corrected chi connectivity index (χ1v) is 4.71. The standard InChI is InChI=1S/C9H17O3/c10-5-1-2-7-12-9-4-3-6-11-8-9/h9H,1-8H2. The van der Waals surface area contributed by atoms with Crippen LogP contribution in [0, 0.1) is 0 Å². The van der Waals surface area contributed by atoms with Crippen molar-refractivity contribution in [1.29, 1.82) is 0 Å². The maximum atomic E-state index is 10.1. The molecule has 0 aliphatic carbocycles. The quantitative estimate of drug-likeness (QED) is 0.589. The predicted molar refractivity (Wildman–Crippen MR) is 44.6 cm³/mol. The molecule has 1 rings (SSSR count). The molecule has 0 N–H and O–H groups in total. The van der Waals surface area contributed by atoms with Crippen LogP contribution in [0.25, 0.3) is 0 Å². The van der Waals surface area contributed by atoms with Crippen LogP contribution >= 0.6 is 0 Å². The molecule has 0 aromatic carbocycles. The molecule has 1 aliphatic heterocycles. The Morgan fingerprint density at radius 3 is 3.00 bits per heavy atom. The third-order valence-electron chi connectivity index (χ3n) is 2.01. The van der Waals surface area contributed by atoms with Gasteiger partial charge in [-0.05, 0) is 25.7 Å². The minimum absolute atomic E-state index is 0.0184. The number of unbranched alkanes of at least 4 members (excludes halogenated alkanes) is 1. The zero-order chi connectivity index (χ0) is 8.65. The lowest BCUT2D eigenvalue weighted by Gasteiger charge is -2.22. The first-order chi connectivity index (χ1) is 5.93. The molecule has 1 atom stereocenters. The Labute approximate surface area is 73.7 Å². The van der Waals surface area contributed by atoms with Crippen LogP contribution in [0.15, 0.2) is 0 Å². The van der Waals surface area contributed by atoms with Crippen molar-refractivity contribution in [3.05, 3.63) is 0 Å². The van der Waals surface area contributed by atoms with Crippen LogP contribution in [-0.2, 0) is 14.6 Å². The first kappa shape index (κ1) is 9.96. The molecule has 1 fully saturated rings. The lowest BCUT2D eigenvalue weighted by molar-refractivity contribution is -0.0514. The van der Waals surface area contributed by atoms with Crippen LogP contribution in [0.3, 0.4) is 0 Å². The van der Waals surface area contributed by atoms with E-state index in [-0.39, 0.29) is 12.7 Å². The van der Waals surface area contributed by atoms with Gasteiger partial charge in [-0.15, -0.1) is 0 Å². The summed E-state index contributed by atoms with van der Waals surface area (Å²) < 4.78 is 10.8. The highest BCUT2D eigenvalue weighted by Crippen LogP contribution is 2.09. The van der Waals surface area contributed by atoms with Crippen molar-refractivity contribution in [1.82, 2.24) is 0 Å². The fourth-order valence-corrected chi connectivity index (χ4v) is 1.30. The molecule has 1 heterocycles. The maximum absolute atomic E-state index is 10.1. The molecule has 0 aromatic rings. The highest BCUT2D eigenvalue weighted by Gasteiger charge is 2.13. The second-order valence-corrected chi connectivity index (χ2v) is 3.12. The smallest absolute Gasteiger partial charge is 0.0823 e. The van der Waals surface area contributed by atoms with Crippen LogP contribution in [0.1, 0.15) is 25.7 Å². The van der Waals surface area contributed by atoms with Gasteiger partial charge >= 0.3 is 0 Å². The van der Waals surface area contributed by atoms with Crippen molar-refractivity contribution in [2.75, 3.05) is 26.4 Å². The molecule has 3 heteroatoms. The fraction of sp³-hybridized carbons (Fsp3) is 1.00. The van der Waals surface area contributed by atoms with E-state index in [4.69, 9.17) is 9.47 Å². The monoisotopic (exact) mass is 173 g/mol. The third kappa shape index (κ3) is 4.04. The summed E-state index contributed by atoms with van der Waals surface area (Å²) >= 11 is 0. The molecule has 1 aliphatic rings. The van der Waals surface area contributed by atoms with Gasteiger partial charge in [0, 0.05) is 13.2 Å². The largest absolute Gasteiger partial charge is 0.379 e. The Hall–Kier alpha value is -0.120. The van der Waals surface area contributed by atoms with Gasteiger partial charge in [-0.25, -0.2) is 5.11 Å². The second kappa shape index (κ2) is 6.40. The number of hydrogen-bond acceptors (Lipinski definition) is 2. The van der Waals surface area contributed by atoms with Gasteiger partial charge in [-0.2, -0.15) is 0 Å². The molecule has 0 amide bonds. The highest BCUT2D eigenvalue weighted by atomic mass is 16.5. The van der Waals surface area contributed by atoms with Gasteiger partial charge in [0.15, 0.2) is 0 Å². The van der Waals surface area contributed by atoms with E-state index in [1.807, 2.05) is 0 Å². The average molecular weight is 173 g/mol. The van der Waals surface area contributed by atoms with Crippen molar-refractivity contribution >= 4 is 0 Å². The normalized spacial score (nSPS) is 24.2. The zero-order valence-corrected chi connectivity index (χ0v) is 7.46. The molecule has 1 radical (unpaired) electrons. The summed E-state index contributed by atoms with van der Waals surface area (Å²) in [6.45, 7) is 2.35. The molecule has 71 valence electrons. The van der Waals surface area contributed by atoms with E-state index in [0.29, 0.717) is 0 Å². The van der Waals surface area contributed by atoms with Crippen molar-refractivity contribution in [3.63, 3.8) is 0 Å². The van der Waals surface area contributed by atoms with Gasteiger partial charge in [-0.3, -0.25) is 0 Å². The number of hydrogen-bond donors (Lipinski definition) is 0. The third-order valence-corrected chi connectivity index (χ3v) is 2.01. The van der Waals surface area contributed by atoms with Crippen LogP contribution in [0.4, 0.5) is 0 Å². The van der Waals surface area contributed by atoms with E-state index >= 15 is 0 Å². The van der Waals surface area contributed by atoms with Crippen LogP contribution in [0.2, 0.25) is 0 Å². The Kier molecular flexibility index (Phi) is 5.32. The zero-order valence-electron chi connectivity index (χ0n) is 7.46. The molecule has 0 aromatic heterocycles. The van der Waals surface area contributed by atoms with Gasteiger partial charge in [0.25, 0.3) is 0 Å². The summed E-state index contributed by atoms with van der Waals surface area (Å²) in [6.07, 6.45) is 4.11. The predicted octanol–water partition coefficient (Wildman–Crippen LogP) is 1.39. The molecule has 1 saturated heterocycles. The van der Waals surface area contributed by atoms with Gasteiger partial charge in [0.2, 0.25) is 0 Å². The Bertz CT molecular complexity index is 99.9. The van der Waals surface area contributed by atoms with E-state index in [9.17, 15) is 5.11 Å². The topological polar surface area (TPSA) is 38.4 Å². The van der Waals surface area contributed by atoms with Crippen molar-refractivity contribution < 1.29 is 14.6 Å². The maximum Gasteiger partial charge on any atom is 0.0823 e. The molecule has 0 spiro atoms. The first-order valence-electron chi connectivity index (χ1n) is 4.71. The Morgan fingerprint density at radius 1 is 1.42 bits per heavy atom. The lowest BCUT2D eigenvalue weighted by atomic mass is 10.2. The number of rotatable bonds is 5. The van der Waals surface area contributed by atoms with E-state index in [0.717, 1.165) is 45.5 Å². The van der Waals surface area contributed by atoms with Crippen molar-refractivity contribution in [2.45, 2.75) is 31.8 Å². The minimum atomic E-state index is 0.0184. The fourth-order valence-electron chi connectivity index (χ4n) is 1.30. The van der Waals surface area contributed by atoms with Crippen molar-refractivity contribution in [3.8, 4) is 0 Å². The van der Waals surface area contributed by atoms with Crippen molar-refractivity contribution in [2.24, 2.45) is 0 Å². The summed E-state index contributed by atoms with van der Waals surface area (Å²) in [6, 6.07) is 0. The molecule has 0 saturated carbocycles. The molecular weight excluding hydrogens is 156 g/mol. The molecule has 0 bridgehead atoms. The second-order valence-electron chi connectivity index (χ2n) is 3.12. The van der Waals surface area contributed by atoms with E-state index in [1.165, 1.54) is 0 Å². The van der Waals surface area contributed by atoms with Gasteiger partial charge in [0.1, 0.15) is 0 Å². The Morgan fingerprint density at radius 2 is 2.33 bits per heavy atom. The molecule has 3 nitrogen and oxygen atoms in total. The summed E-state index contributed by atoms with van der Waals surface area (Å²) in [7, 11) is 0. The minimum Gasteiger partial charge on any atom is -0.379 e. The highest BCUT2D eigenvalue weighted by molar-refractivity contribution is 4.61. The number of ether oxygens (including phenoxy) is 2. The SMILES string of the molecule is [O]CCCCOC1CCCOC1. The average Bonchev–Trinajstić information content (AvgIpc) is 2.14. The molecule has 12 heavy (non-hydrogen) atoms. The van der Waals surface area contributed by atoms with Gasteiger partial charge in [0.05, 0.1) is 19.3 Å². The van der Waals surface area contributed by atoms with Gasteiger partial charge < -0.3 is 9.47 Å². The van der Waals surface area contributed by atoms with E-state index < -0.39 is 0 Å². The van der Waals surface area contributed by atoms with E-state index in [1.54, 1.807) is 0 Å². The van der Waals surface area contributed by atoms with Gasteiger partial charge in [-0.1, -0.05) is 0 Å². The van der Waals surface area contributed by atoms with E-state index in [2.05, 4.69) is 0 Å². The molecule has 1 unspecified atom stereocenters. The molecular formula is C9H17O3. The van der Waals surface area contributed by atoms with Crippen LogP contribution in [0.5, 0.6) is 0 Å². The Balaban J connectivity index is 1.91. The summed E-state index contributed by atoms with van der Waals surface area (Å²) in [4.78, 5) is 0. The summed E-state index contributed by atoms with van der Waals surface area (Å²) in [5.74, 6) is 0.